The molecule has 0 radical (unpaired) electrons. The van der Waals surface area contributed by atoms with Crippen molar-refractivity contribution in [2.24, 2.45) is 5.10 Å². The summed E-state index contributed by atoms with van der Waals surface area (Å²) in [7, 11) is 1.50. The highest BCUT2D eigenvalue weighted by Gasteiger charge is 2.13. The van der Waals surface area contributed by atoms with Gasteiger partial charge in [0.15, 0.2) is 11.5 Å². The van der Waals surface area contributed by atoms with Crippen LogP contribution in [0.15, 0.2) is 59.7 Å². The smallest absolute Gasteiger partial charge is 0.271 e. The molecule has 0 bridgehead atoms. The fraction of sp³-hybridized carbons (Fsp3) is 0.167. The standard InChI is InChI=1S/C24H21Cl3N2O4/c1-3-32-19-8-5-16(6-9-19)24(30)29-28-13-15-10-21(27)23(22(11-15)31-2)33-14-17-4-7-18(25)12-20(17)26/h4-13H,3,14H2,1-2H3,(H,29,30)/b28-13+. The van der Waals surface area contributed by atoms with Crippen LogP contribution in [-0.2, 0) is 6.61 Å². The number of methoxy groups -OCH3 is 1. The van der Waals surface area contributed by atoms with E-state index >= 15 is 0 Å². The van der Waals surface area contributed by atoms with Crippen LogP contribution in [0.25, 0.3) is 0 Å². The Balaban J connectivity index is 1.66. The predicted molar refractivity (Wildman–Crippen MR) is 131 cm³/mol. The Morgan fingerprint density at radius 1 is 1.00 bits per heavy atom. The lowest BCUT2D eigenvalue weighted by Crippen LogP contribution is -2.17. The summed E-state index contributed by atoms with van der Waals surface area (Å²) in [5.74, 6) is 1.11. The van der Waals surface area contributed by atoms with Crippen molar-refractivity contribution in [3.8, 4) is 17.2 Å². The molecule has 0 aliphatic rings. The van der Waals surface area contributed by atoms with E-state index < -0.39 is 0 Å². The van der Waals surface area contributed by atoms with Gasteiger partial charge in [-0.15, -0.1) is 0 Å². The third-order valence-electron chi connectivity index (χ3n) is 4.45. The average Bonchev–Trinajstić information content (AvgIpc) is 2.79. The predicted octanol–water partition coefficient (Wildman–Crippen LogP) is 6.40. The largest absolute Gasteiger partial charge is 0.494 e. The summed E-state index contributed by atoms with van der Waals surface area (Å²) >= 11 is 18.5. The summed E-state index contributed by atoms with van der Waals surface area (Å²) in [6.07, 6.45) is 1.46. The Hall–Kier alpha value is -2.93. The van der Waals surface area contributed by atoms with E-state index in [0.29, 0.717) is 50.1 Å². The number of nitrogens with one attached hydrogen (secondary N) is 1. The number of ether oxygens (including phenoxy) is 3. The van der Waals surface area contributed by atoms with Crippen LogP contribution < -0.4 is 19.6 Å². The summed E-state index contributed by atoms with van der Waals surface area (Å²) in [6.45, 7) is 2.63. The zero-order valence-corrected chi connectivity index (χ0v) is 20.2. The third kappa shape index (κ3) is 6.78. The van der Waals surface area contributed by atoms with E-state index in [0.717, 1.165) is 5.56 Å². The maximum Gasteiger partial charge on any atom is 0.271 e. The average molecular weight is 508 g/mol. The summed E-state index contributed by atoms with van der Waals surface area (Å²) in [6, 6.07) is 15.3. The van der Waals surface area contributed by atoms with Crippen molar-refractivity contribution in [1.82, 2.24) is 5.43 Å². The quantitative estimate of drug-likeness (QED) is 0.269. The molecule has 1 amide bonds. The lowest BCUT2D eigenvalue weighted by Gasteiger charge is -2.14. The minimum atomic E-state index is -0.354. The minimum absolute atomic E-state index is 0.178. The second-order valence-electron chi connectivity index (χ2n) is 6.72. The second-order valence-corrected chi connectivity index (χ2v) is 7.97. The van der Waals surface area contributed by atoms with E-state index in [9.17, 15) is 4.79 Å². The summed E-state index contributed by atoms with van der Waals surface area (Å²) in [5, 5.41) is 5.34. The number of rotatable bonds is 9. The fourth-order valence-corrected chi connectivity index (χ4v) is 3.58. The zero-order chi connectivity index (χ0) is 23.8. The van der Waals surface area contributed by atoms with Gasteiger partial charge in [0, 0.05) is 21.2 Å². The first-order valence-corrected chi connectivity index (χ1v) is 11.0. The highest BCUT2D eigenvalue weighted by molar-refractivity contribution is 6.35. The van der Waals surface area contributed by atoms with Gasteiger partial charge in [0.1, 0.15) is 12.4 Å². The van der Waals surface area contributed by atoms with Gasteiger partial charge < -0.3 is 14.2 Å². The van der Waals surface area contributed by atoms with Gasteiger partial charge >= 0.3 is 0 Å². The molecule has 0 aliphatic heterocycles. The number of benzene rings is 3. The molecule has 1 N–H and O–H groups in total. The first-order valence-electron chi connectivity index (χ1n) is 9.91. The Labute approximate surface area is 207 Å². The van der Waals surface area contributed by atoms with Gasteiger partial charge in [-0.1, -0.05) is 40.9 Å². The fourth-order valence-electron chi connectivity index (χ4n) is 2.84. The Morgan fingerprint density at radius 2 is 1.76 bits per heavy atom. The highest BCUT2D eigenvalue weighted by atomic mass is 35.5. The highest BCUT2D eigenvalue weighted by Crippen LogP contribution is 2.37. The van der Waals surface area contributed by atoms with Crippen molar-refractivity contribution in [1.29, 1.82) is 0 Å². The van der Waals surface area contributed by atoms with Crippen molar-refractivity contribution < 1.29 is 19.0 Å². The van der Waals surface area contributed by atoms with E-state index in [-0.39, 0.29) is 12.5 Å². The molecular formula is C24H21Cl3N2O4. The molecule has 3 rings (SSSR count). The number of carbonyl (C=O) groups is 1. The topological polar surface area (TPSA) is 69.2 Å². The normalized spacial score (nSPS) is 10.8. The molecule has 0 aliphatic carbocycles. The molecule has 0 fully saturated rings. The first-order chi connectivity index (χ1) is 15.9. The molecule has 0 heterocycles. The number of hydrogen-bond donors (Lipinski definition) is 1. The van der Waals surface area contributed by atoms with Crippen LogP contribution in [0.2, 0.25) is 15.1 Å². The van der Waals surface area contributed by atoms with Crippen LogP contribution in [0.1, 0.15) is 28.4 Å². The van der Waals surface area contributed by atoms with E-state index in [1.54, 1.807) is 54.6 Å². The van der Waals surface area contributed by atoms with Crippen molar-refractivity contribution >= 4 is 46.9 Å². The van der Waals surface area contributed by atoms with E-state index in [1.165, 1.54) is 13.3 Å². The summed E-state index contributed by atoms with van der Waals surface area (Å²) in [5.41, 5.74) is 4.29. The van der Waals surface area contributed by atoms with Crippen LogP contribution in [0, 0.1) is 0 Å². The van der Waals surface area contributed by atoms with Crippen molar-refractivity contribution in [2.45, 2.75) is 13.5 Å². The number of hydrazone groups is 1. The Morgan fingerprint density at radius 3 is 2.42 bits per heavy atom. The molecule has 3 aromatic carbocycles. The number of nitrogens with zero attached hydrogens (tertiary/aromatic N) is 1. The van der Waals surface area contributed by atoms with Gasteiger partial charge in [-0.3, -0.25) is 4.79 Å². The maximum atomic E-state index is 12.3. The molecule has 0 saturated carbocycles. The van der Waals surface area contributed by atoms with Gasteiger partial charge in [0.05, 0.1) is 25.0 Å². The van der Waals surface area contributed by atoms with Crippen LogP contribution in [0.4, 0.5) is 0 Å². The van der Waals surface area contributed by atoms with Crippen molar-refractivity contribution in [3.63, 3.8) is 0 Å². The van der Waals surface area contributed by atoms with Crippen LogP contribution in [-0.4, -0.2) is 25.8 Å². The molecule has 3 aromatic rings. The monoisotopic (exact) mass is 506 g/mol. The number of halogens is 3. The van der Waals surface area contributed by atoms with Gasteiger partial charge in [0.25, 0.3) is 5.91 Å². The first kappa shape index (κ1) is 24.7. The van der Waals surface area contributed by atoms with Crippen LogP contribution in [0.5, 0.6) is 17.2 Å². The lowest BCUT2D eigenvalue weighted by atomic mass is 10.2. The SMILES string of the molecule is CCOc1ccc(C(=O)N/N=C/c2cc(Cl)c(OCc3ccc(Cl)cc3Cl)c(OC)c2)cc1. The summed E-state index contributed by atoms with van der Waals surface area (Å²) in [4.78, 5) is 12.3. The molecule has 172 valence electrons. The lowest BCUT2D eigenvalue weighted by molar-refractivity contribution is 0.0955. The van der Waals surface area contributed by atoms with Gasteiger partial charge in [-0.25, -0.2) is 5.43 Å². The maximum absolute atomic E-state index is 12.3. The Bertz CT molecular complexity index is 1150. The van der Waals surface area contributed by atoms with E-state index in [4.69, 9.17) is 49.0 Å². The number of amides is 1. The van der Waals surface area contributed by atoms with E-state index in [2.05, 4.69) is 10.5 Å². The van der Waals surface area contributed by atoms with Crippen molar-refractivity contribution in [2.75, 3.05) is 13.7 Å². The zero-order valence-electron chi connectivity index (χ0n) is 17.9. The van der Waals surface area contributed by atoms with Crippen LogP contribution >= 0.6 is 34.8 Å². The van der Waals surface area contributed by atoms with Gasteiger partial charge in [-0.05, 0) is 61.0 Å². The number of carbonyl (C=O) groups excluding carboxylic acids is 1. The van der Waals surface area contributed by atoms with Gasteiger partial charge in [-0.2, -0.15) is 5.10 Å². The molecule has 33 heavy (non-hydrogen) atoms. The molecular weight excluding hydrogens is 487 g/mol. The van der Waals surface area contributed by atoms with E-state index in [1.807, 2.05) is 6.92 Å². The molecule has 9 heteroatoms. The Kier molecular flexibility index (Phi) is 8.83. The third-order valence-corrected chi connectivity index (χ3v) is 5.31. The molecule has 0 unspecified atom stereocenters. The minimum Gasteiger partial charge on any atom is -0.494 e. The van der Waals surface area contributed by atoms with Gasteiger partial charge in [0.2, 0.25) is 0 Å². The molecule has 0 atom stereocenters. The number of hydrogen-bond acceptors (Lipinski definition) is 5. The van der Waals surface area contributed by atoms with Crippen molar-refractivity contribution in [3.05, 3.63) is 86.4 Å². The molecule has 6 nitrogen and oxygen atoms in total. The van der Waals surface area contributed by atoms with Crippen LogP contribution in [0.3, 0.4) is 0 Å². The second kappa shape index (κ2) is 11.8. The molecule has 0 spiro atoms. The molecule has 0 aromatic heterocycles. The molecule has 0 saturated heterocycles. The summed E-state index contributed by atoms with van der Waals surface area (Å²) < 4.78 is 16.6.